The second kappa shape index (κ2) is 5.22. The van der Waals surface area contributed by atoms with Crippen LogP contribution in [0, 0.1) is 0 Å². The van der Waals surface area contributed by atoms with Crippen LogP contribution in [0.5, 0.6) is 0 Å². The molecule has 7 heteroatoms. The molecule has 1 aromatic rings. The molecule has 16 heavy (non-hydrogen) atoms. The van der Waals surface area contributed by atoms with Crippen LogP contribution in [-0.4, -0.2) is 30.8 Å². The van der Waals surface area contributed by atoms with Gasteiger partial charge in [-0.2, -0.15) is 4.31 Å². The summed E-state index contributed by atoms with van der Waals surface area (Å²) in [5, 5.41) is 0. The van der Waals surface area contributed by atoms with Crippen molar-refractivity contribution >= 4 is 38.6 Å². The molecule has 0 radical (unpaired) electrons. The number of thiocarbonyl (C=S) groups is 1. The zero-order valence-corrected chi connectivity index (χ0v) is 11.6. The summed E-state index contributed by atoms with van der Waals surface area (Å²) in [6.07, 6.45) is 0. The Labute approximate surface area is 105 Å². The van der Waals surface area contributed by atoms with Crippen LogP contribution in [0.1, 0.15) is 18.7 Å². The Morgan fingerprint density at radius 3 is 2.38 bits per heavy atom. The van der Waals surface area contributed by atoms with Gasteiger partial charge in [0.15, 0.2) is 0 Å². The molecule has 0 saturated carbocycles. The van der Waals surface area contributed by atoms with Crippen LogP contribution in [0.4, 0.5) is 0 Å². The summed E-state index contributed by atoms with van der Waals surface area (Å²) < 4.78 is 25.9. The molecule has 1 heterocycles. The Hall–Kier alpha value is -0.500. The molecule has 0 fully saturated rings. The van der Waals surface area contributed by atoms with Crippen molar-refractivity contribution in [2.24, 2.45) is 5.73 Å². The summed E-state index contributed by atoms with van der Waals surface area (Å²) in [5.41, 5.74) is 5.44. The standard InChI is InChI=1S/C9H14N2O2S3/c1-3-11(4-2)16(12,13)8-6-5-7(15-8)9(10)14/h5-6H,3-4H2,1-2H3,(H2,10,14). The average Bonchev–Trinajstić information content (AvgIpc) is 2.68. The van der Waals surface area contributed by atoms with E-state index in [1.165, 1.54) is 4.31 Å². The molecule has 2 N–H and O–H groups in total. The smallest absolute Gasteiger partial charge is 0.252 e. The molecular weight excluding hydrogens is 264 g/mol. The number of hydrogen-bond acceptors (Lipinski definition) is 4. The van der Waals surface area contributed by atoms with E-state index in [0.29, 0.717) is 22.2 Å². The number of nitrogens with two attached hydrogens (primary N) is 1. The highest BCUT2D eigenvalue weighted by atomic mass is 32.2. The van der Waals surface area contributed by atoms with Gasteiger partial charge in [-0.15, -0.1) is 11.3 Å². The highest BCUT2D eigenvalue weighted by Gasteiger charge is 2.23. The Kier molecular flexibility index (Phi) is 4.43. The maximum Gasteiger partial charge on any atom is 0.252 e. The predicted octanol–water partition coefficient (Wildman–Crippen LogP) is 1.41. The van der Waals surface area contributed by atoms with Crippen molar-refractivity contribution in [1.82, 2.24) is 4.31 Å². The first kappa shape index (κ1) is 13.6. The van der Waals surface area contributed by atoms with Gasteiger partial charge in [-0.1, -0.05) is 26.1 Å². The van der Waals surface area contributed by atoms with E-state index < -0.39 is 10.0 Å². The highest BCUT2D eigenvalue weighted by molar-refractivity contribution is 7.91. The number of thiophene rings is 1. The van der Waals surface area contributed by atoms with Gasteiger partial charge < -0.3 is 5.73 Å². The van der Waals surface area contributed by atoms with Crippen LogP contribution in [-0.2, 0) is 10.0 Å². The zero-order valence-electron chi connectivity index (χ0n) is 9.13. The Morgan fingerprint density at radius 1 is 1.44 bits per heavy atom. The van der Waals surface area contributed by atoms with Crippen LogP contribution < -0.4 is 5.73 Å². The van der Waals surface area contributed by atoms with E-state index in [2.05, 4.69) is 0 Å². The largest absolute Gasteiger partial charge is 0.389 e. The Balaban J connectivity index is 3.12. The first-order valence-corrected chi connectivity index (χ1v) is 7.49. The summed E-state index contributed by atoms with van der Waals surface area (Å²) in [6.45, 7) is 4.53. The summed E-state index contributed by atoms with van der Waals surface area (Å²) >= 11 is 5.91. The molecule has 0 spiro atoms. The van der Waals surface area contributed by atoms with Gasteiger partial charge in [-0.25, -0.2) is 8.42 Å². The molecule has 0 saturated heterocycles. The molecule has 0 aromatic carbocycles. The van der Waals surface area contributed by atoms with Gasteiger partial charge in [-0.05, 0) is 12.1 Å². The van der Waals surface area contributed by atoms with Crippen molar-refractivity contribution in [2.75, 3.05) is 13.1 Å². The van der Waals surface area contributed by atoms with E-state index in [-0.39, 0.29) is 4.99 Å². The third-order valence-electron chi connectivity index (χ3n) is 2.12. The molecule has 0 aliphatic carbocycles. The van der Waals surface area contributed by atoms with E-state index in [9.17, 15) is 8.42 Å². The minimum Gasteiger partial charge on any atom is -0.389 e. The van der Waals surface area contributed by atoms with Crippen molar-refractivity contribution in [2.45, 2.75) is 18.1 Å². The molecular formula is C9H14N2O2S3. The van der Waals surface area contributed by atoms with Crippen LogP contribution in [0.2, 0.25) is 0 Å². The van der Waals surface area contributed by atoms with E-state index in [4.69, 9.17) is 18.0 Å². The topological polar surface area (TPSA) is 63.4 Å². The fraction of sp³-hybridized carbons (Fsp3) is 0.444. The fourth-order valence-corrected chi connectivity index (χ4v) is 4.25. The SMILES string of the molecule is CCN(CC)S(=O)(=O)c1ccc(C(N)=S)s1. The zero-order chi connectivity index (χ0) is 12.3. The lowest BCUT2D eigenvalue weighted by Crippen LogP contribution is -2.29. The van der Waals surface area contributed by atoms with Crippen molar-refractivity contribution < 1.29 is 8.42 Å². The lowest BCUT2D eigenvalue weighted by Gasteiger charge is -2.16. The van der Waals surface area contributed by atoms with Crippen molar-refractivity contribution in [3.63, 3.8) is 0 Å². The van der Waals surface area contributed by atoms with Gasteiger partial charge in [0.1, 0.15) is 9.20 Å². The van der Waals surface area contributed by atoms with Gasteiger partial charge in [0, 0.05) is 13.1 Å². The van der Waals surface area contributed by atoms with E-state index in [0.717, 1.165) is 11.3 Å². The third-order valence-corrected chi connectivity index (χ3v) is 6.11. The van der Waals surface area contributed by atoms with Gasteiger partial charge >= 0.3 is 0 Å². The number of rotatable bonds is 5. The molecule has 0 unspecified atom stereocenters. The van der Waals surface area contributed by atoms with Crippen LogP contribution in [0.15, 0.2) is 16.3 Å². The van der Waals surface area contributed by atoms with Gasteiger partial charge in [-0.3, -0.25) is 0 Å². The Bertz CT molecular complexity index is 475. The van der Waals surface area contributed by atoms with Gasteiger partial charge in [0.05, 0.1) is 4.88 Å². The lowest BCUT2D eigenvalue weighted by molar-refractivity contribution is 0.447. The third kappa shape index (κ3) is 2.60. The summed E-state index contributed by atoms with van der Waals surface area (Å²) in [6, 6.07) is 3.19. The quantitative estimate of drug-likeness (QED) is 0.827. The van der Waals surface area contributed by atoms with Crippen molar-refractivity contribution in [3.8, 4) is 0 Å². The van der Waals surface area contributed by atoms with Gasteiger partial charge in [0.2, 0.25) is 0 Å². The molecule has 90 valence electrons. The Morgan fingerprint density at radius 2 is 2.00 bits per heavy atom. The second-order valence-corrected chi connectivity index (χ2v) is 6.76. The maximum atomic E-state index is 12.1. The fourth-order valence-electron chi connectivity index (χ4n) is 1.28. The molecule has 0 atom stereocenters. The molecule has 0 aliphatic rings. The summed E-state index contributed by atoms with van der Waals surface area (Å²) in [7, 11) is -3.38. The monoisotopic (exact) mass is 278 g/mol. The van der Waals surface area contributed by atoms with Crippen molar-refractivity contribution in [3.05, 3.63) is 17.0 Å². The molecule has 0 bridgehead atoms. The molecule has 1 rings (SSSR count). The first-order chi connectivity index (χ1) is 7.43. The van der Waals surface area contributed by atoms with Crippen LogP contribution in [0.3, 0.4) is 0 Å². The number of nitrogens with zero attached hydrogens (tertiary/aromatic N) is 1. The molecule has 0 amide bonds. The van der Waals surface area contributed by atoms with Crippen LogP contribution >= 0.6 is 23.6 Å². The molecule has 0 aliphatic heterocycles. The minimum absolute atomic E-state index is 0.228. The van der Waals surface area contributed by atoms with E-state index in [1.54, 1.807) is 12.1 Å². The highest BCUT2D eigenvalue weighted by Crippen LogP contribution is 2.24. The van der Waals surface area contributed by atoms with E-state index >= 15 is 0 Å². The normalized spacial score (nSPS) is 11.9. The molecule has 4 nitrogen and oxygen atoms in total. The van der Waals surface area contributed by atoms with Crippen LogP contribution in [0.25, 0.3) is 0 Å². The number of sulfonamides is 1. The number of hydrogen-bond donors (Lipinski definition) is 1. The predicted molar refractivity (Wildman–Crippen MR) is 70.3 cm³/mol. The molecule has 1 aromatic heterocycles. The second-order valence-electron chi connectivity index (χ2n) is 3.07. The maximum absolute atomic E-state index is 12.1. The van der Waals surface area contributed by atoms with Crippen molar-refractivity contribution in [1.29, 1.82) is 0 Å². The minimum atomic E-state index is -3.38. The average molecular weight is 278 g/mol. The van der Waals surface area contributed by atoms with Gasteiger partial charge in [0.25, 0.3) is 10.0 Å². The first-order valence-electron chi connectivity index (χ1n) is 4.83. The lowest BCUT2D eigenvalue weighted by atomic mass is 10.5. The van der Waals surface area contributed by atoms with E-state index in [1.807, 2.05) is 13.8 Å². The summed E-state index contributed by atoms with van der Waals surface area (Å²) in [4.78, 5) is 0.853. The summed E-state index contributed by atoms with van der Waals surface area (Å²) in [5.74, 6) is 0.